The van der Waals surface area contributed by atoms with Crippen LogP contribution in [-0.2, 0) is 11.3 Å². The molecule has 0 aliphatic heterocycles. The molecule has 0 saturated heterocycles. The summed E-state index contributed by atoms with van der Waals surface area (Å²) in [6, 6.07) is 0. The van der Waals surface area contributed by atoms with Gasteiger partial charge in [-0.3, -0.25) is 4.98 Å². The van der Waals surface area contributed by atoms with Crippen molar-refractivity contribution in [3.8, 4) is 0 Å². The fraction of sp³-hybridized carbons (Fsp3) is 0.333. The summed E-state index contributed by atoms with van der Waals surface area (Å²) in [6.45, 7) is 0.0358. The monoisotopic (exact) mass is 294 g/mol. The lowest BCUT2D eigenvalue weighted by atomic mass is 10.1. The number of nitrogens with two attached hydrogens (primary N) is 1. The zero-order valence-corrected chi connectivity index (χ0v) is 9.92. The van der Waals surface area contributed by atoms with Gasteiger partial charge in [0, 0.05) is 12.7 Å². The van der Waals surface area contributed by atoms with Gasteiger partial charge in [0.25, 0.3) is 6.43 Å². The lowest BCUT2D eigenvalue weighted by Crippen LogP contribution is -2.12. The van der Waals surface area contributed by atoms with E-state index in [1.54, 1.807) is 0 Å². The summed E-state index contributed by atoms with van der Waals surface area (Å²) in [5.74, 6) is -0.848. The maximum absolute atomic E-state index is 12.6. The van der Waals surface area contributed by atoms with E-state index in [0.29, 0.717) is 5.69 Å². The van der Waals surface area contributed by atoms with E-state index in [9.17, 15) is 13.6 Å². The zero-order chi connectivity index (χ0) is 12.3. The average Bonchev–Trinajstić information content (AvgIpc) is 2.27. The lowest BCUT2D eigenvalue weighted by molar-refractivity contribution is 0.0587. The first-order valence-corrected chi connectivity index (χ1v) is 5.06. The normalized spacial score (nSPS) is 10.6. The Morgan fingerprint density at radius 1 is 1.69 bits per heavy atom. The fourth-order valence-corrected chi connectivity index (χ4v) is 1.81. The third-order valence-electron chi connectivity index (χ3n) is 1.94. The van der Waals surface area contributed by atoms with Gasteiger partial charge in [-0.05, 0) is 15.9 Å². The largest absolute Gasteiger partial charge is 0.465 e. The summed E-state index contributed by atoms with van der Waals surface area (Å²) >= 11 is 3.03. The lowest BCUT2D eigenvalue weighted by Gasteiger charge is -2.11. The van der Waals surface area contributed by atoms with Crippen LogP contribution in [0.5, 0.6) is 0 Å². The maximum Gasteiger partial charge on any atom is 0.339 e. The Balaban J connectivity index is 3.42. The Bertz CT molecular complexity index is 413. The van der Waals surface area contributed by atoms with Gasteiger partial charge >= 0.3 is 5.97 Å². The van der Waals surface area contributed by atoms with Gasteiger partial charge in [0.2, 0.25) is 0 Å². The van der Waals surface area contributed by atoms with Crippen molar-refractivity contribution >= 4 is 21.9 Å². The summed E-state index contributed by atoms with van der Waals surface area (Å²) in [6.07, 6.45) is -1.87. The van der Waals surface area contributed by atoms with E-state index < -0.39 is 18.0 Å². The number of esters is 1. The predicted molar refractivity (Wildman–Crippen MR) is 56.1 cm³/mol. The van der Waals surface area contributed by atoms with Crippen LogP contribution in [0.2, 0.25) is 0 Å². The standard InChI is InChI=1S/C9H9BrF2N2O2/c1-16-9(15)6-4(8(11)12)3-14-5(2-13)7(6)10/h3,8H,2,13H2,1H3. The van der Waals surface area contributed by atoms with Crippen LogP contribution in [0.4, 0.5) is 8.78 Å². The summed E-state index contributed by atoms with van der Waals surface area (Å²) in [5.41, 5.74) is 4.97. The van der Waals surface area contributed by atoms with Crippen molar-refractivity contribution in [2.75, 3.05) is 7.11 Å². The number of nitrogens with zero attached hydrogens (tertiary/aromatic N) is 1. The number of methoxy groups -OCH3 is 1. The summed E-state index contributed by atoms with van der Waals surface area (Å²) in [7, 11) is 1.12. The molecular formula is C9H9BrF2N2O2. The van der Waals surface area contributed by atoms with Crippen LogP contribution in [0.15, 0.2) is 10.7 Å². The van der Waals surface area contributed by atoms with Crippen LogP contribution in [-0.4, -0.2) is 18.1 Å². The molecule has 2 N–H and O–H groups in total. The molecule has 0 aliphatic carbocycles. The Kier molecular flexibility index (Phi) is 4.31. The average molecular weight is 295 g/mol. The molecule has 4 nitrogen and oxygen atoms in total. The van der Waals surface area contributed by atoms with Crippen LogP contribution in [0, 0.1) is 0 Å². The van der Waals surface area contributed by atoms with Crippen molar-refractivity contribution in [3.63, 3.8) is 0 Å². The minimum absolute atomic E-state index is 0.0358. The molecule has 0 aliphatic rings. The molecule has 7 heteroatoms. The number of hydrogen-bond donors (Lipinski definition) is 1. The second-order valence-corrected chi connectivity index (χ2v) is 3.64. The summed E-state index contributed by atoms with van der Waals surface area (Å²) in [5, 5.41) is 0. The second kappa shape index (κ2) is 5.31. The molecule has 1 rings (SSSR count). The van der Waals surface area contributed by atoms with Gasteiger partial charge in [-0.25, -0.2) is 13.6 Å². The molecule has 1 aromatic heterocycles. The molecule has 0 atom stereocenters. The van der Waals surface area contributed by atoms with Crippen LogP contribution >= 0.6 is 15.9 Å². The SMILES string of the molecule is COC(=O)c1c(C(F)F)cnc(CN)c1Br. The van der Waals surface area contributed by atoms with Crippen molar-refractivity contribution in [2.45, 2.75) is 13.0 Å². The second-order valence-electron chi connectivity index (χ2n) is 2.85. The number of rotatable bonds is 3. The van der Waals surface area contributed by atoms with E-state index in [0.717, 1.165) is 13.3 Å². The first kappa shape index (κ1) is 13.0. The van der Waals surface area contributed by atoms with E-state index in [1.165, 1.54) is 0 Å². The zero-order valence-electron chi connectivity index (χ0n) is 8.34. The number of halogens is 3. The molecule has 0 unspecified atom stereocenters. The number of hydrogen-bond acceptors (Lipinski definition) is 4. The van der Waals surface area contributed by atoms with Crippen molar-refractivity contribution in [1.29, 1.82) is 0 Å². The highest BCUT2D eigenvalue weighted by Crippen LogP contribution is 2.30. The van der Waals surface area contributed by atoms with Gasteiger partial charge in [-0.2, -0.15) is 0 Å². The smallest absolute Gasteiger partial charge is 0.339 e. The van der Waals surface area contributed by atoms with Gasteiger partial charge in [-0.1, -0.05) is 0 Å². The van der Waals surface area contributed by atoms with Crippen molar-refractivity contribution in [2.24, 2.45) is 5.73 Å². The molecule has 0 amide bonds. The predicted octanol–water partition coefficient (Wildman–Crippen LogP) is 2.03. The molecule has 0 fully saturated rings. The Morgan fingerprint density at radius 3 is 2.75 bits per heavy atom. The number of alkyl halides is 2. The number of carbonyl (C=O) groups excluding carboxylic acids is 1. The maximum atomic E-state index is 12.6. The summed E-state index contributed by atoms with van der Waals surface area (Å²) < 4.78 is 29.9. The molecule has 0 aromatic carbocycles. The third-order valence-corrected chi connectivity index (χ3v) is 2.79. The number of ether oxygens (including phenoxy) is 1. The number of carbonyl (C=O) groups is 1. The van der Waals surface area contributed by atoms with Crippen LogP contribution in [0.1, 0.15) is 28.0 Å². The van der Waals surface area contributed by atoms with E-state index in [-0.39, 0.29) is 16.6 Å². The number of pyridine rings is 1. The summed E-state index contributed by atoms with van der Waals surface area (Å²) in [4.78, 5) is 15.1. The third kappa shape index (κ3) is 2.35. The molecule has 0 radical (unpaired) electrons. The molecule has 1 aromatic rings. The molecule has 16 heavy (non-hydrogen) atoms. The highest BCUT2D eigenvalue weighted by Gasteiger charge is 2.24. The highest BCUT2D eigenvalue weighted by molar-refractivity contribution is 9.10. The van der Waals surface area contributed by atoms with E-state index in [1.807, 2.05) is 0 Å². The van der Waals surface area contributed by atoms with Crippen LogP contribution < -0.4 is 5.73 Å². The van der Waals surface area contributed by atoms with Crippen LogP contribution in [0.25, 0.3) is 0 Å². The first-order valence-electron chi connectivity index (χ1n) is 4.26. The van der Waals surface area contributed by atoms with Crippen molar-refractivity contribution in [3.05, 3.63) is 27.5 Å². The molecule has 88 valence electrons. The minimum atomic E-state index is -2.80. The molecule has 0 bridgehead atoms. The van der Waals surface area contributed by atoms with Gasteiger partial charge in [-0.15, -0.1) is 0 Å². The Hall–Kier alpha value is -1.08. The van der Waals surface area contributed by atoms with Gasteiger partial charge < -0.3 is 10.5 Å². The molecule has 0 saturated carbocycles. The molecule has 1 heterocycles. The topological polar surface area (TPSA) is 65.2 Å². The minimum Gasteiger partial charge on any atom is -0.465 e. The fourth-order valence-electron chi connectivity index (χ4n) is 1.16. The molecule has 0 spiro atoms. The van der Waals surface area contributed by atoms with Crippen molar-refractivity contribution < 1.29 is 18.3 Å². The van der Waals surface area contributed by atoms with Gasteiger partial charge in [0.1, 0.15) is 0 Å². The number of aromatic nitrogens is 1. The first-order chi connectivity index (χ1) is 7.52. The Morgan fingerprint density at radius 2 is 2.31 bits per heavy atom. The quantitative estimate of drug-likeness (QED) is 0.866. The highest BCUT2D eigenvalue weighted by atomic mass is 79.9. The van der Waals surface area contributed by atoms with E-state index >= 15 is 0 Å². The van der Waals surface area contributed by atoms with Gasteiger partial charge in [0.05, 0.1) is 28.4 Å². The van der Waals surface area contributed by atoms with E-state index in [4.69, 9.17) is 5.73 Å². The van der Waals surface area contributed by atoms with Crippen molar-refractivity contribution in [1.82, 2.24) is 4.98 Å². The Labute approximate surface area is 98.9 Å². The van der Waals surface area contributed by atoms with Crippen LogP contribution in [0.3, 0.4) is 0 Å². The van der Waals surface area contributed by atoms with Gasteiger partial charge in [0.15, 0.2) is 0 Å². The van der Waals surface area contributed by atoms with E-state index in [2.05, 4.69) is 25.7 Å². The molecular weight excluding hydrogens is 286 g/mol.